The van der Waals surface area contributed by atoms with E-state index in [-0.39, 0.29) is 18.2 Å². The van der Waals surface area contributed by atoms with Crippen molar-refractivity contribution in [3.63, 3.8) is 0 Å². The molecule has 2 aromatic carbocycles. The predicted octanol–water partition coefficient (Wildman–Crippen LogP) is 4.14. The Morgan fingerprint density at radius 1 is 1.19 bits per heavy atom. The maximum absolute atomic E-state index is 14.1. The van der Waals surface area contributed by atoms with Crippen LogP contribution < -0.4 is 10.6 Å². The van der Waals surface area contributed by atoms with E-state index in [0.29, 0.717) is 22.8 Å². The van der Waals surface area contributed by atoms with Gasteiger partial charge < -0.3 is 10.6 Å². The molecule has 2 N–H and O–H groups in total. The Morgan fingerprint density at radius 3 is 2.57 bits per heavy atom. The lowest BCUT2D eigenvalue weighted by atomic mass is 10.0. The van der Waals surface area contributed by atoms with Crippen molar-refractivity contribution in [3.8, 4) is 0 Å². The van der Waals surface area contributed by atoms with Gasteiger partial charge in [-0.3, -0.25) is 0 Å². The van der Waals surface area contributed by atoms with Crippen LogP contribution in [-0.2, 0) is 0 Å². The minimum absolute atomic E-state index is 0.196. The van der Waals surface area contributed by atoms with Crippen molar-refractivity contribution >= 4 is 17.3 Å². The number of hydrogen-bond donors (Lipinski definition) is 1. The lowest BCUT2D eigenvalue weighted by Gasteiger charge is -2.32. The van der Waals surface area contributed by atoms with Gasteiger partial charge in [0.1, 0.15) is 11.6 Å². The zero-order valence-corrected chi connectivity index (χ0v) is 12.4. The van der Waals surface area contributed by atoms with Crippen molar-refractivity contribution in [1.29, 1.82) is 0 Å². The van der Waals surface area contributed by atoms with Gasteiger partial charge in [-0.25, -0.2) is 8.78 Å². The third kappa shape index (κ3) is 3.52. The summed E-state index contributed by atoms with van der Waals surface area (Å²) in [7, 11) is 0. The van der Waals surface area contributed by atoms with Gasteiger partial charge in [-0.05, 0) is 43.3 Å². The van der Waals surface area contributed by atoms with Crippen LogP contribution in [0.2, 0.25) is 5.02 Å². The van der Waals surface area contributed by atoms with Gasteiger partial charge in [0.25, 0.3) is 0 Å². The zero-order valence-electron chi connectivity index (χ0n) is 11.7. The summed E-state index contributed by atoms with van der Waals surface area (Å²) >= 11 is 5.95. The lowest BCUT2D eigenvalue weighted by molar-refractivity contribution is 0.560. The van der Waals surface area contributed by atoms with Crippen molar-refractivity contribution in [2.24, 2.45) is 5.73 Å². The van der Waals surface area contributed by atoms with Gasteiger partial charge in [-0.2, -0.15) is 0 Å². The Bertz CT molecular complexity index is 619. The van der Waals surface area contributed by atoms with Gasteiger partial charge in [-0.15, -0.1) is 0 Å². The molecule has 2 nitrogen and oxygen atoms in total. The molecule has 1 atom stereocenters. The second-order valence-electron chi connectivity index (χ2n) is 4.68. The average molecular weight is 311 g/mol. The number of rotatable bonds is 5. The Balaban J connectivity index is 2.44. The molecule has 0 aromatic heterocycles. The van der Waals surface area contributed by atoms with Crippen molar-refractivity contribution < 1.29 is 8.78 Å². The fourth-order valence-electron chi connectivity index (χ4n) is 2.43. The number of halogens is 3. The smallest absolute Gasteiger partial charge is 0.128 e. The van der Waals surface area contributed by atoms with Crippen LogP contribution >= 0.6 is 11.6 Å². The number of nitrogens with two attached hydrogens (primary N) is 1. The van der Waals surface area contributed by atoms with E-state index in [1.165, 1.54) is 24.3 Å². The highest BCUT2D eigenvalue weighted by atomic mass is 35.5. The molecule has 0 saturated heterocycles. The van der Waals surface area contributed by atoms with E-state index < -0.39 is 6.04 Å². The van der Waals surface area contributed by atoms with E-state index in [1.807, 2.05) is 11.8 Å². The first-order chi connectivity index (χ1) is 10.1. The van der Waals surface area contributed by atoms with Crippen LogP contribution in [0.3, 0.4) is 0 Å². The fraction of sp³-hybridized carbons (Fsp3) is 0.250. The number of anilines is 1. The molecule has 2 aromatic rings. The predicted molar refractivity (Wildman–Crippen MR) is 82.6 cm³/mol. The Kier molecular flexibility index (Phi) is 5.15. The Hall–Kier alpha value is -1.65. The second-order valence-corrected chi connectivity index (χ2v) is 5.12. The van der Waals surface area contributed by atoms with Crippen molar-refractivity contribution in [3.05, 3.63) is 64.7 Å². The quantitative estimate of drug-likeness (QED) is 0.899. The van der Waals surface area contributed by atoms with Gasteiger partial charge in [0, 0.05) is 29.4 Å². The molecular weight excluding hydrogens is 294 g/mol. The normalized spacial score (nSPS) is 12.2. The van der Waals surface area contributed by atoms with E-state index >= 15 is 0 Å². The number of likely N-dealkylation sites (N-methyl/N-ethyl adjacent to an activating group) is 1. The molecule has 0 aliphatic rings. The summed E-state index contributed by atoms with van der Waals surface area (Å²) in [5.41, 5.74) is 6.90. The first-order valence-corrected chi connectivity index (χ1v) is 7.11. The summed E-state index contributed by atoms with van der Waals surface area (Å²) in [4.78, 5) is 1.86. The van der Waals surface area contributed by atoms with E-state index in [9.17, 15) is 8.78 Å². The van der Waals surface area contributed by atoms with Gasteiger partial charge >= 0.3 is 0 Å². The molecule has 0 aliphatic heterocycles. The van der Waals surface area contributed by atoms with Crippen LogP contribution in [0, 0.1) is 11.6 Å². The molecule has 0 fully saturated rings. The monoisotopic (exact) mass is 310 g/mol. The molecule has 0 bridgehead atoms. The van der Waals surface area contributed by atoms with Crippen LogP contribution in [-0.4, -0.2) is 13.1 Å². The van der Waals surface area contributed by atoms with Crippen LogP contribution in [0.15, 0.2) is 42.5 Å². The van der Waals surface area contributed by atoms with Crippen LogP contribution in [0.5, 0.6) is 0 Å². The van der Waals surface area contributed by atoms with Crippen molar-refractivity contribution in [2.75, 3.05) is 18.0 Å². The molecule has 0 heterocycles. The maximum Gasteiger partial charge on any atom is 0.128 e. The largest absolute Gasteiger partial charge is 0.363 e. The first kappa shape index (κ1) is 15.7. The van der Waals surface area contributed by atoms with Gasteiger partial charge in [0.2, 0.25) is 0 Å². The molecule has 0 aliphatic carbocycles. The molecule has 0 spiro atoms. The number of nitrogens with zero attached hydrogens (tertiary/aromatic N) is 1. The second kappa shape index (κ2) is 6.87. The van der Waals surface area contributed by atoms with E-state index in [2.05, 4.69) is 0 Å². The molecule has 5 heteroatoms. The molecule has 112 valence electrons. The summed E-state index contributed by atoms with van der Waals surface area (Å²) in [6, 6.07) is 10.1. The summed E-state index contributed by atoms with van der Waals surface area (Å²) < 4.78 is 27.5. The third-order valence-electron chi connectivity index (χ3n) is 3.40. The number of benzene rings is 2. The highest BCUT2D eigenvalue weighted by molar-refractivity contribution is 6.30. The minimum atomic E-state index is -0.407. The van der Waals surface area contributed by atoms with E-state index in [1.54, 1.807) is 18.2 Å². The van der Waals surface area contributed by atoms with E-state index in [0.717, 1.165) is 0 Å². The van der Waals surface area contributed by atoms with Crippen LogP contribution in [0.4, 0.5) is 14.5 Å². The third-order valence-corrected chi connectivity index (χ3v) is 3.63. The molecule has 0 amide bonds. The summed E-state index contributed by atoms with van der Waals surface area (Å²) in [6.07, 6.45) is 0. The van der Waals surface area contributed by atoms with E-state index in [4.69, 9.17) is 17.3 Å². The molecular formula is C16H17ClF2N2. The highest BCUT2D eigenvalue weighted by Gasteiger charge is 2.22. The van der Waals surface area contributed by atoms with Gasteiger partial charge in [0.05, 0.1) is 6.04 Å². The lowest BCUT2D eigenvalue weighted by Crippen LogP contribution is -2.34. The molecule has 1 unspecified atom stereocenters. The number of hydrogen-bond acceptors (Lipinski definition) is 2. The summed E-state index contributed by atoms with van der Waals surface area (Å²) in [6.45, 7) is 2.68. The van der Waals surface area contributed by atoms with Crippen molar-refractivity contribution in [2.45, 2.75) is 13.0 Å². The van der Waals surface area contributed by atoms with Crippen LogP contribution in [0.1, 0.15) is 18.5 Å². The fourth-order valence-corrected chi connectivity index (χ4v) is 2.61. The molecule has 2 rings (SSSR count). The minimum Gasteiger partial charge on any atom is -0.363 e. The molecule has 0 radical (unpaired) electrons. The van der Waals surface area contributed by atoms with Crippen molar-refractivity contribution in [1.82, 2.24) is 0 Å². The first-order valence-electron chi connectivity index (χ1n) is 6.74. The SMILES string of the molecule is CCN(c1cccc(F)c1)C(CN)c1cc(Cl)ccc1F. The summed E-state index contributed by atoms with van der Waals surface area (Å²) in [5, 5.41) is 0.445. The molecule has 21 heavy (non-hydrogen) atoms. The Morgan fingerprint density at radius 2 is 1.95 bits per heavy atom. The molecule has 0 saturated carbocycles. The van der Waals surface area contributed by atoms with Crippen LogP contribution in [0.25, 0.3) is 0 Å². The standard InChI is InChI=1S/C16H17ClF2N2/c1-2-21(13-5-3-4-12(18)9-13)16(10-20)14-8-11(17)6-7-15(14)19/h3-9,16H,2,10,20H2,1H3. The Labute approximate surface area is 128 Å². The van der Waals surface area contributed by atoms with Gasteiger partial charge in [-0.1, -0.05) is 17.7 Å². The summed E-state index contributed by atoms with van der Waals surface area (Å²) in [5.74, 6) is -0.710. The maximum atomic E-state index is 14.1. The topological polar surface area (TPSA) is 29.3 Å². The zero-order chi connectivity index (χ0) is 15.4. The van der Waals surface area contributed by atoms with Gasteiger partial charge in [0.15, 0.2) is 0 Å². The highest BCUT2D eigenvalue weighted by Crippen LogP contribution is 2.30. The average Bonchev–Trinajstić information content (AvgIpc) is 2.47.